The minimum Gasteiger partial charge on any atom is -0.505 e. The lowest BCUT2D eigenvalue weighted by molar-refractivity contribution is -0.137. The predicted molar refractivity (Wildman–Crippen MR) is 67.1 cm³/mol. The molecule has 18 heavy (non-hydrogen) atoms. The molecular formula is C14H19NO3. The molecule has 2 atom stereocenters. The van der Waals surface area contributed by atoms with E-state index in [1.54, 1.807) is 13.2 Å². The highest BCUT2D eigenvalue weighted by Gasteiger charge is 2.34. The molecule has 1 rings (SSSR count). The highest BCUT2D eigenvalue weighted by atomic mass is 16.5. The zero-order valence-corrected chi connectivity index (χ0v) is 11.1. The van der Waals surface area contributed by atoms with Crippen molar-refractivity contribution in [2.75, 3.05) is 7.11 Å². The molecule has 0 aromatic rings. The van der Waals surface area contributed by atoms with E-state index in [-0.39, 0.29) is 17.3 Å². The average Bonchev–Trinajstić information content (AvgIpc) is 2.29. The molecule has 0 unspecified atom stereocenters. The summed E-state index contributed by atoms with van der Waals surface area (Å²) < 4.78 is 10.0. The minimum absolute atomic E-state index is 0.289. The van der Waals surface area contributed by atoms with E-state index < -0.39 is 0 Å². The predicted octanol–water partition coefficient (Wildman–Crippen LogP) is 2.92. The fourth-order valence-corrected chi connectivity index (χ4v) is 2.23. The van der Waals surface area contributed by atoms with Crippen molar-refractivity contribution in [2.24, 2.45) is 11.3 Å². The molecule has 0 aromatic carbocycles. The Hall–Kier alpha value is -1.76. The number of rotatable bonds is 4. The standard InChI is InChI=1S/C14H19NO3/c1-11(16)18-13-5-4-7-14(2,9-13)12(10-15)6-8-17-3/h6,8-9,12H,4-5,7H2,1-3H3/b8-6+/t12-,14-/m1/s1. The molecule has 0 bridgehead atoms. The monoisotopic (exact) mass is 249 g/mol. The van der Waals surface area contributed by atoms with Crippen molar-refractivity contribution in [1.82, 2.24) is 0 Å². The first kappa shape index (κ1) is 14.3. The molecule has 4 heteroatoms. The van der Waals surface area contributed by atoms with Gasteiger partial charge in [-0.15, -0.1) is 0 Å². The van der Waals surface area contributed by atoms with Crippen LogP contribution in [0.4, 0.5) is 0 Å². The van der Waals surface area contributed by atoms with Gasteiger partial charge in [0.1, 0.15) is 5.76 Å². The topological polar surface area (TPSA) is 59.3 Å². The molecular weight excluding hydrogens is 230 g/mol. The first-order valence-electron chi connectivity index (χ1n) is 6.01. The molecule has 1 aliphatic carbocycles. The van der Waals surface area contributed by atoms with Crippen LogP contribution in [0.2, 0.25) is 0 Å². The van der Waals surface area contributed by atoms with Crippen molar-refractivity contribution in [3.63, 3.8) is 0 Å². The number of nitriles is 1. The highest BCUT2D eigenvalue weighted by Crippen LogP contribution is 2.41. The molecule has 0 N–H and O–H groups in total. The molecule has 0 amide bonds. The molecule has 0 saturated carbocycles. The lowest BCUT2D eigenvalue weighted by atomic mass is 9.71. The molecule has 0 fully saturated rings. The first-order chi connectivity index (χ1) is 8.51. The molecule has 0 aliphatic heterocycles. The van der Waals surface area contributed by atoms with Gasteiger partial charge in [0.05, 0.1) is 25.4 Å². The Bertz CT molecular complexity index is 406. The van der Waals surface area contributed by atoms with Crippen molar-refractivity contribution < 1.29 is 14.3 Å². The van der Waals surface area contributed by atoms with Crippen molar-refractivity contribution in [3.05, 3.63) is 24.2 Å². The van der Waals surface area contributed by atoms with Crippen molar-refractivity contribution in [1.29, 1.82) is 5.26 Å². The van der Waals surface area contributed by atoms with E-state index in [0.717, 1.165) is 19.3 Å². The van der Waals surface area contributed by atoms with Gasteiger partial charge in [-0.1, -0.05) is 6.92 Å². The number of carbonyl (C=O) groups excluding carboxylic acids is 1. The summed E-state index contributed by atoms with van der Waals surface area (Å²) in [6.45, 7) is 3.39. The first-order valence-corrected chi connectivity index (χ1v) is 6.01. The molecule has 0 heterocycles. The smallest absolute Gasteiger partial charge is 0.307 e. The highest BCUT2D eigenvalue weighted by molar-refractivity contribution is 5.67. The van der Waals surface area contributed by atoms with Crippen molar-refractivity contribution in [3.8, 4) is 6.07 Å². The van der Waals surface area contributed by atoms with Crippen LogP contribution in [-0.4, -0.2) is 13.1 Å². The molecule has 0 aromatic heterocycles. The minimum atomic E-state index is -0.313. The summed E-state index contributed by atoms with van der Waals surface area (Å²) in [6, 6.07) is 2.27. The normalized spacial score (nSPS) is 25.1. The van der Waals surface area contributed by atoms with Crippen molar-refractivity contribution in [2.45, 2.75) is 33.1 Å². The Labute approximate surface area is 108 Å². The van der Waals surface area contributed by atoms with Crippen molar-refractivity contribution >= 4 is 5.97 Å². The second-order valence-electron chi connectivity index (χ2n) is 4.73. The lowest BCUT2D eigenvalue weighted by Crippen LogP contribution is -2.26. The Balaban J connectivity index is 2.92. The average molecular weight is 249 g/mol. The van der Waals surface area contributed by atoms with E-state index >= 15 is 0 Å². The zero-order chi connectivity index (χ0) is 13.6. The van der Waals surface area contributed by atoms with Gasteiger partial charge in [-0.2, -0.15) is 5.26 Å². The summed E-state index contributed by atoms with van der Waals surface area (Å²) in [5.74, 6) is 0.0667. The van der Waals surface area contributed by atoms with Gasteiger partial charge in [-0.25, -0.2) is 0 Å². The van der Waals surface area contributed by atoms with Crippen LogP contribution in [0.3, 0.4) is 0 Å². The van der Waals surface area contributed by atoms with E-state index in [1.165, 1.54) is 13.2 Å². The van der Waals surface area contributed by atoms with Crippen LogP contribution in [0.5, 0.6) is 0 Å². The molecule has 4 nitrogen and oxygen atoms in total. The van der Waals surface area contributed by atoms with E-state index in [1.807, 2.05) is 13.0 Å². The largest absolute Gasteiger partial charge is 0.505 e. The summed E-state index contributed by atoms with van der Waals surface area (Å²) in [4.78, 5) is 11.0. The van der Waals surface area contributed by atoms with Gasteiger partial charge in [-0.05, 0) is 25.0 Å². The van der Waals surface area contributed by atoms with Gasteiger partial charge in [0.2, 0.25) is 0 Å². The van der Waals surface area contributed by atoms with Gasteiger partial charge in [-0.3, -0.25) is 4.79 Å². The molecule has 1 aliphatic rings. The summed E-state index contributed by atoms with van der Waals surface area (Å²) in [5.41, 5.74) is -0.313. The Morgan fingerprint density at radius 3 is 2.94 bits per heavy atom. The second-order valence-corrected chi connectivity index (χ2v) is 4.73. The number of esters is 1. The van der Waals surface area contributed by atoms with Crippen LogP contribution in [0.25, 0.3) is 0 Å². The van der Waals surface area contributed by atoms with Gasteiger partial charge in [0.25, 0.3) is 0 Å². The van der Waals surface area contributed by atoms with Crippen LogP contribution >= 0.6 is 0 Å². The zero-order valence-electron chi connectivity index (χ0n) is 11.1. The van der Waals surface area contributed by atoms with Gasteiger partial charge < -0.3 is 9.47 Å². The fraction of sp³-hybridized carbons (Fsp3) is 0.571. The molecule has 0 saturated heterocycles. The van der Waals surface area contributed by atoms with Crippen LogP contribution in [0.1, 0.15) is 33.1 Å². The molecule has 0 spiro atoms. The SMILES string of the molecule is CO/C=C/[C@H](C#N)[C@@]1(C)C=C(OC(C)=O)CCC1. The third-order valence-corrected chi connectivity index (χ3v) is 3.16. The van der Waals surface area contributed by atoms with Crippen LogP contribution in [0, 0.1) is 22.7 Å². The van der Waals surface area contributed by atoms with Gasteiger partial charge in [0.15, 0.2) is 0 Å². The fourth-order valence-electron chi connectivity index (χ4n) is 2.23. The number of hydrogen-bond donors (Lipinski definition) is 0. The van der Waals surface area contributed by atoms with E-state index in [4.69, 9.17) is 9.47 Å². The van der Waals surface area contributed by atoms with Gasteiger partial charge >= 0.3 is 5.97 Å². The maximum atomic E-state index is 11.0. The maximum Gasteiger partial charge on any atom is 0.307 e. The van der Waals surface area contributed by atoms with Crippen LogP contribution in [0.15, 0.2) is 24.2 Å². The Morgan fingerprint density at radius 2 is 2.39 bits per heavy atom. The molecule has 98 valence electrons. The van der Waals surface area contributed by atoms with Gasteiger partial charge in [0, 0.05) is 18.8 Å². The summed E-state index contributed by atoms with van der Waals surface area (Å²) >= 11 is 0. The number of ether oxygens (including phenoxy) is 2. The summed E-state index contributed by atoms with van der Waals surface area (Å²) in [5, 5.41) is 9.24. The number of carbonyl (C=O) groups is 1. The number of nitrogens with zero attached hydrogens (tertiary/aromatic N) is 1. The number of methoxy groups -OCH3 is 1. The number of hydrogen-bond acceptors (Lipinski definition) is 4. The van der Waals surface area contributed by atoms with Crippen LogP contribution in [-0.2, 0) is 14.3 Å². The Morgan fingerprint density at radius 1 is 1.67 bits per heavy atom. The summed E-state index contributed by atoms with van der Waals surface area (Å²) in [7, 11) is 1.55. The third kappa shape index (κ3) is 3.63. The van der Waals surface area contributed by atoms with Crippen LogP contribution < -0.4 is 0 Å². The second kappa shape index (κ2) is 6.25. The lowest BCUT2D eigenvalue weighted by Gasteiger charge is -2.33. The quantitative estimate of drug-likeness (QED) is 0.567. The van der Waals surface area contributed by atoms with E-state index in [0.29, 0.717) is 5.76 Å². The van der Waals surface area contributed by atoms with E-state index in [9.17, 15) is 10.1 Å². The summed E-state index contributed by atoms with van der Waals surface area (Å²) in [6.07, 6.45) is 7.73. The Kier molecular flexibility index (Phi) is 4.96. The number of allylic oxidation sites excluding steroid dienone is 3. The maximum absolute atomic E-state index is 11.0. The van der Waals surface area contributed by atoms with E-state index in [2.05, 4.69) is 6.07 Å². The molecule has 0 radical (unpaired) electrons. The third-order valence-electron chi connectivity index (χ3n) is 3.16.